The van der Waals surface area contributed by atoms with Gasteiger partial charge in [-0.1, -0.05) is 18.7 Å². The first-order chi connectivity index (χ1) is 9.70. The van der Waals surface area contributed by atoms with Crippen LogP contribution >= 0.6 is 11.8 Å². The van der Waals surface area contributed by atoms with E-state index in [0.29, 0.717) is 18.1 Å². The van der Waals surface area contributed by atoms with E-state index < -0.39 is 0 Å². The van der Waals surface area contributed by atoms with Crippen molar-refractivity contribution in [3.05, 3.63) is 24.3 Å². The zero-order valence-corrected chi connectivity index (χ0v) is 12.4. The summed E-state index contributed by atoms with van der Waals surface area (Å²) in [5, 5.41) is 14.5. The highest BCUT2D eigenvalue weighted by Crippen LogP contribution is 2.12. The van der Waals surface area contributed by atoms with E-state index in [2.05, 4.69) is 25.6 Å². The van der Waals surface area contributed by atoms with Crippen LogP contribution in [0.2, 0.25) is 0 Å². The van der Waals surface area contributed by atoms with Crippen LogP contribution in [0.3, 0.4) is 0 Å². The van der Waals surface area contributed by atoms with Crippen LogP contribution in [-0.2, 0) is 4.79 Å². The van der Waals surface area contributed by atoms with E-state index >= 15 is 0 Å². The molecule has 0 aliphatic carbocycles. The Morgan fingerprint density at radius 3 is 3.05 bits per heavy atom. The van der Waals surface area contributed by atoms with Gasteiger partial charge in [0, 0.05) is 24.7 Å². The molecule has 7 nitrogen and oxygen atoms in total. The molecule has 2 heterocycles. The third-order valence-corrected chi connectivity index (χ3v) is 3.59. The monoisotopic (exact) mass is 294 g/mol. The highest BCUT2D eigenvalue weighted by Gasteiger charge is 2.17. The molecule has 2 aromatic heterocycles. The Balaban J connectivity index is 1.74. The van der Waals surface area contributed by atoms with Gasteiger partial charge in [0.2, 0.25) is 11.1 Å². The largest absolute Gasteiger partial charge is 0.353 e. The standard InChI is InChI=1S/C12H18N6OS/c1-3-10(18-7-4-5-14-18)11(19)13-6-8-20-12-15-9(2)16-17-12/h4-5,7,10H,3,6,8H2,1-2H3,(H,13,19)(H,15,16,17)/t10-/m0/s1. The van der Waals surface area contributed by atoms with Crippen molar-refractivity contribution in [3.8, 4) is 0 Å². The molecule has 0 unspecified atom stereocenters. The molecule has 20 heavy (non-hydrogen) atoms. The van der Waals surface area contributed by atoms with Crippen LogP contribution in [0.25, 0.3) is 0 Å². The lowest BCUT2D eigenvalue weighted by atomic mass is 10.2. The van der Waals surface area contributed by atoms with Crippen molar-refractivity contribution in [1.82, 2.24) is 30.3 Å². The van der Waals surface area contributed by atoms with Gasteiger partial charge in [-0.15, -0.1) is 5.10 Å². The topological polar surface area (TPSA) is 88.5 Å². The Hall–Kier alpha value is -1.83. The molecule has 2 N–H and O–H groups in total. The predicted molar refractivity (Wildman–Crippen MR) is 76.4 cm³/mol. The number of aryl methyl sites for hydroxylation is 1. The van der Waals surface area contributed by atoms with E-state index in [9.17, 15) is 4.79 Å². The Morgan fingerprint density at radius 1 is 1.60 bits per heavy atom. The van der Waals surface area contributed by atoms with Gasteiger partial charge in [0.1, 0.15) is 11.9 Å². The summed E-state index contributed by atoms with van der Waals surface area (Å²) in [7, 11) is 0. The van der Waals surface area contributed by atoms with Crippen LogP contribution in [-0.4, -0.2) is 43.2 Å². The summed E-state index contributed by atoms with van der Waals surface area (Å²) in [4.78, 5) is 16.3. The van der Waals surface area contributed by atoms with E-state index in [1.54, 1.807) is 17.1 Å². The molecule has 2 aromatic rings. The Morgan fingerprint density at radius 2 is 2.45 bits per heavy atom. The van der Waals surface area contributed by atoms with E-state index in [1.807, 2.05) is 19.9 Å². The van der Waals surface area contributed by atoms with Crippen molar-refractivity contribution in [2.75, 3.05) is 12.3 Å². The Labute approximate surface area is 121 Å². The minimum atomic E-state index is -0.249. The maximum absolute atomic E-state index is 12.1. The first-order valence-corrected chi connectivity index (χ1v) is 7.48. The lowest BCUT2D eigenvalue weighted by Gasteiger charge is -2.15. The van der Waals surface area contributed by atoms with E-state index in [0.717, 1.165) is 11.6 Å². The molecule has 8 heteroatoms. The van der Waals surface area contributed by atoms with Gasteiger partial charge in [-0.05, 0) is 19.4 Å². The average molecular weight is 294 g/mol. The minimum Gasteiger partial charge on any atom is -0.353 e. The maximum atomic E-state index is 12.1. The summed E-state index contributed by atoms with van der Waals surface area (Å²) in [5.74, 6) is 1.52. The Kier molecular flexibility index (Phi) is 5.16. The van der Waals surface area contributed by atoms with Crippen molar-refractivity contribution >= 4 is 17.7 Å². The molecule has 0 radical (unpaired) electrons. The van der Waals surface area contributed by atoms with Gasteiger partial charge in [-0.25, -0.2) is 4.98 Å². The van der Waals surface area contributed by atoms with Crippen LogP contribution < -0.4 is 5.32 Å². The van der Waals surface area contributed by atoms with Gasteiger partial charge in [-0.3, -0.25) is 14.6 Å². The summed E-state index contributed by atoms with van der Waals surface area (Å²) in [6.07, 6.45) is 4.19. The summed E-state index contributed by atoms with van der Waals surface area (Å²) in [6.45, 7) is 4.40. The van der Waals surface area contributed by atoms with Gasteiger partial charge in [-0.2, -0.15) is 5.10 Å². The van der Waals surface area contributed by atoms with Gasteiger partial charge in [0.15, 0.2) is 0 Å². The molecular weight excluding hydrogens is 276 g/mol. The molecule has 108 valence electrons. The van der Waals surface area contributed by atoms with Crippen LogP contribution in [0.1, 0.15) is 25.2 Å². The van der Waals surface area contributed by atoms with E-state index in [4.69, 9.17) is 0 Å². The minimum absolute atomic E-state index is 0.0111. The van der Waals surface area contributed by atoms with Crippen molar-refractivity contribution in [3.63, 3.8) is 0 Å². The highest BCUT2D eigenvalue weighted by molar-refractivity contribution is 7.99. The second kappa shape index (κ2) is 7.09. The number of hydrogen-bond donors (Lipinski definition) is 2. The number of aromatic nitrogens is 5. The van der Waals surface area contributed by atoms with Crippen LogP contribution in [0, 0.1) is 6.92 Å². The van der Waals surface area contributed by atoms with Gasteiger partial charge < -0.3 is 5.32 Å². The lowest BCUT2D eigenvalue weighted by molar-refractivity contribution is -0.124. The van der Waals surface area contributed by atoms with Crippen LogP contribution in [0.5, 0.6) is 0 Å². The third kappa shape index (κ3) is 3.83. The van der Waals surface area contributed by atoms with Crippen molar-refractivity contribution in [1.29, 1.82) is 0 Å². The number of nitrogens with zero attached hydrogens (tertiary/aromatic N) is 4. The smallest absolute Gasteiger partial charge is 0.244 e. The van der Waals surface area contributed by atoms with Crippen LogP contribution in [0.15, 0.2) is 23.6 Å². The second-order valence-electron chi connectivity index (χ2n) is 4.25. The quantitative estimate of drug-likeness (QED) is 0.591. The fraction of sp³-hybridized carbons (Fsp3) is 0.500. The lowest BCUT2D eigenvalue weighted by Crippen LogP contribution is -2.33. The zero-order valence-electron chi connectivity index (χ0n) is 11.5. The summed E-state index contributed by atoms with van der Waals surface area (Å²) in [5.41, 5.74) is 0. The fourth-order valence-corrected chi connectivity index (χ4v) is 2.48. The molecule has 0 aromatic carbocycles. The van der Waals surface area contributed by atoms with Crippen molar-refractivity contribution in [2.24, 2.45) is 0 Å². The first kappa shape index (κ1) is 14.6. The van der Waals surface area contributed by atoms with Gasteiger partial charge >= 0.3 is 0 Å². The Bertz CT molecular complexity index is 538. The number of rotatable bonds is 7. The summed E-state index contributed by atoms with van der Waals surface area (Å²) in [6, 6.07) is 1.57. The molecule has 0 saturated carbocycles. The molecule has 0 bridgehead atoms. The number of H-pyrrole nitrogens is 1. The average Bonchev–Trinajstić information content (AvgIpc) is 3.08. The predicted octanol–water partition coefficient (Wildman–Crippen LogP) is 1.17. The van der Waals surface area contributed by atoms with Crippen molar-refractivity contribution in [2.45, 2.75) is 31.5 Å². The fourth-order valence-electron chi connectivity index (χ4n) is 1.78. The van der Waals surface area contributed by atoms with Gasteiger partial charge in [0.05, 0.1) is 0 Å². The van der Waals surface area contributed by atoms with E-state index in [-0.39, 0.29) is 11.9 Å². The SMILES string of the molecule is CC[C@@H](C(=O)NCCSc1n[nH]c(C)n1)n1cccn1. The zero-order chi connectivity index (χ0) is 14.4. The number of carbonyl (C=O) groups excluding carboxylic acids is 1. The normalized spacial score (nSPS) is 12.3. The molecule has 1 amide bonds. The van der Waals surface area contributed by atoms with Crippen LogP contribution in [0.4, 0.5) is 0 Å². The number of carbonyl (C=O) groups is 1. The number of amides is 1. The maximum Gasteiger partial charge on any atom is 0.244 e. The number of nitrogens with one attached hydrogen (secondary N) is 2. The highest BCUT2D eigenvalue weighted by atomic mass is 32.2. The molecule has 0 aliphatic heterocycles. The number of aromatic amines is 1. The summed E-state index contributed by atoms with van der Waals surface area (Å²) >= 11 is 1.51. The van der Waals surface area contributed by atoms with Crippen molar-refractivity contribution < 1.29 is 4.79 Å². The molecule has 1 atom stereocenters. The molecule has 2 rings (SSSR count). The van der Waals surface area contributed by atoms with E-state index in [1.165, 1.54) is 11.8 Å². The molecule has 0 fully saturated rings. The molecular formula is C12H18N6OS. The third-order valence-electron chi connectivity index (χ3n) is 2.74. The first-order valence-electron chi connectivity index (χ1n) is 6.49. The molecule has 0 saturated heterocycles. The second-order valence-corrected chi connectivity index (χ2v) is 5.32. The van der Waals surface area contributed by atoms with Gasteiger partial charge in [0.25, 0.3) is 0 Å². The summed E-state index contributed by atoms with van der Waals surface area (Å²) < 4.78 is 1.68. The number of thioether (sulfide) groups is 1. The molecule has 0 spiro atoms. The molecule has 0 aliphatic rings. The number of hydrogen-bond acceptors (Lipinski definition) is 5.